The molecule has 0 bridgehead atoms. The maximum absolute atomic E-state index is 12.1. The first-order chi connectivity index (χ1) is 9.54. The number of amides is 1. The standard InChI is InChI=1S/C15H12Cl2N2O/c1-8-2-4-13(11(17)6-8)18-14-10-7-9(16)3-5-12(10)19-15(14)20/h2-7,14,18H,1H3,(H,19,20). The number of hydrogen-bond donors (Lipinski definition) is 2. The smallest absolute Gasteiger partial charge is 0.251 e. The number of anilines is 2. The average Bonchev–Trinajstić information content (AvgIpc) is 2.69. The van der Waals surface area contributed by atoms with Gasteiger partial charge in [-0.1, -0.05) is 29.3 Å². The van der Waals surface area contributed by atoms with Gasteiger partial charge in [0.15, 0.2) is 0 Å². The summed E-state index contributed by atoms with van der Waals surface area (Å²) in [6, 6.07) is 10.5. The first-order valence-electron chi connectivity index (χ1n) is 6.17. The number of fused-ring (bicyclic) bond motifs is 1. The van der Waals surface area contributed by atoms with E-state index in [1.165, 1.54) is 0 Å². The van der Waals surface area contributed by atoms with Gasteiger partial charge in [-0.2, -0.15) is 0 Å². The van der Waals surface area contributed by atoms with Crippen LogP contribution in [0.2, 0.25) is 10.0 Å². The Morgan fingerprint density at radius 2 is 1.95 bits per heavy atom. The van der Waals surface area contributed by atoms with Crippen LogP contribution in [0.3, 0.4) is 0 Å². The lowest BCUT2D eigenvalue weighted by Crippen LogP contribution is -2.19. The van der Waals surface area contributed by atoms with Gasteiger partial charge in [-0.3, -0.25) is 4.79 Å². The second kappa shape index (κ2) is 5.00. The van der Waals surface area contributed by atoms with Gasteiger partial charge in [0, 0.05) is 16.3 Å². The SMILES string of the molecule is Cc1ccc(NC2C(=O)Nc3ccc(Cl)cc32)c(Cl)c1. The van der Waals surface area contributed by atoms with Crippen molar-refractivity contribution >= 4 is 40.5 Å². The van der Waals surface area contributed by atoms with Crippen molar-refractivity contribution in [2.75, 3.05) is 10.6 Å². The van der Waals surface area contributed by atoms with Gasteiger partial charge < -0.3 is 10.6 Å². The molecule has 2 aromatic rings. The van der Waals surface area contributed by atoms with Crippen LogP contribution in [-0.2, 0) is 4.79 Å². The Labute approximate surface area is 126 Å². The van der Waals surface area contributed by atoms with Crippen LogP contribution in [0.5, 0.6) is 0 Å². The summed E-state index contributed by atoms with van der Waals surface area (Å²) >= 11 is 12.2. The highest BCUT2D eigenvalue weighted by Gasteiger charge is 2.30. The molecule has 0 saturated heterocycles. The van der Waals surface area contributed by atoms with Crippen LogP contribution >= 0.6 is 23.2 Å². The van der Waals surface area contributed by atoms with E-state index in [1.54, 1.807) is 18.2 Å². The fourth-order valence-electron chi connectivity index (χ4n) is 2.27. The van der Waals surface area contributed by atoms with Gasteiger partial charge in [0.2, 0.25) is 0 Å². The van der Waals surface area contributed by atoms with E-state index in [4.69, 9.17) is 23.2 Å². The summed E-state index contributed by atoms with van der Waals surface area (Å²) in [7, 11) is 0. The maximum atomic E-state index is 12.1. The maximum Gasteiger partial charge on any atom is 0.251 e. The molecule has 0 aliphatic carbocycles. The molecule has 0 fully saturated rings. The summed E-state index contributed by atoms with van der Waals surface area (Å²) in [6.07, 6.45) is 0. The topological polar surface area (TPSA) is 41.1 Å². The Kier molecular flexibility index (Phi) is 3.32. The molecule has 0 spiro atoms. The van der Waals surface area contributed by atoms with Crippen LogP contribution in [0.15, 0.2) is 36.4 Å². The van der Waals surface area contributed by atoms with Crippen LogP contribution in [0.4, 0.5) is 11.4 Å². The van der Waals surface area contributed by atoms with Crippen molar-refractivity contribution in [3.05, 3.63) is 57.6 Å². The van der Waals surface area contributed by atoms with E-state index in [-0.39, 0.29) is 5.91 Å². The van der Waals surface area contributed by atoms with Crippen molar-refractivity contribution in [1.82, 2.24) is 0 Å². The number of carbonyl (C=O) groups is 1. The van der Waals surface area contributed by atoms with Gasteiger partial charge in [-0.15, -0.1) is 0 Å². The Balaban J connectivity index is 1.95. The van der Waals surface area contributed by atoms with Crippen molar-refractivity contribution in [3.8, 4) is 0 Å². The molecule has 1 unspecified atom stereocenters. The zero-order chi connectivity index (χ0) is 14.3. The van der Waals surface area contributed by atoms with Gasteiger partial charge >= 0.3 is 0 Å². The predicted octanol–water partition coefficient (Wildman–Crippen LogP) is 4.41. The fraction of sp³-hybridized carbons (Fsp3) is 0.133. The summed E-state index contributed by atoms with van der Waals surface area (Å²) in [6.45, 7) is 1.97. The lowest BCUT2D eigenvalue weighted by Gasteiger charge is -2.14. The highest BCUT2D eigenvalue weighted by atomic mass is 35.5. The Morgan fingerprint density at radius 3 is 2.70 bits per heavy atom. The number of carbonyl (C=O) groups excluding carboxylic acids is 1. The lowest BCUT2D eigenvalue weighted by molar-refractivity contribution is -0.116. The van der Waals surface area contributed by atoms with Gasteiger partial charge in [-0.25, -0.2) is 0 Å². The zero-order valence-electron chi connectivity index (χ0n) is 10.7. The normalized spacial score (nSPS) is 16.8. The van der Waals surface area contributed by atoms with E-state index in [0.29, 0.717) is 10.0 Å². The van der Waals surface area contributed by atoms with E-state index >= 15 is 0 Å². The monoisotopic (exact) mass is 306 g/mol. The van der Waals surface area contributed by atoms with Gasteiger partial charge in [0.05, 0.1) is 10.7 Å². The molecule has 0 radical (unpaired) electrons. The van der Waals surface area contributed by atoms with E-state index in [2.05, 4.69) is 10.6 Å². The van der Waals surface area contributed by atoms with Crippen molar-refractivity contribution < 1.29 is 4.79 Å². The van der Waals surface area contributed by atoms with Crippen LogP contribution < -0.4 is 10.6 Å². The Bertz CT molecular complexity index is 700. The molecule has 1 heterocycles. The number of halogens is 2. The van der Waals surface area contributed by atoms with Crippen LogP contribution in [-0.4, -0.2) is 5.91 Å². The largest absolute Gasteiger partial charge is 0.369 e. The average molecular weight is 307 g/mol. The first-order valence-corrected chi connectivity index (χ1v) is 6.93. The molecule has 3 nitrogen and oxygen atoms in total. The molecule has 1 amide bonds. The van der Waals surface area contributed by atoms with Crippen molar-refractivity contribution in [2.24, 2.45) is 0 Å². The van der Waals surface area contributed by atoms with Crippen LogP contribution in [0, 0.1) is 6.92 Å². The molecule has 1 aliphatic heterocycles. The predicted molar refractivity (Wildman–Crippen MR) is 82.6 cm³/mol. The summed E-state index contributed by atoms with van der Waals surface area (Å²) in [4.78, 5) is 12.1. The van der Waals surface area contributed by atoms with Gasteiger partial charge in [0.25, 0.3) is 5.91 Å². The highest BCUT2D eigenvalue weighted by Crippen LogP contribution is 2.36. The fourth-order valence-corrected chi connectivity index (χ4v) is 2.74. The van der Waals surface area contributed by atoms with Crippen LogP contribution in [0.25, 0.3) is 0 Å². The number of nitrogens with one attached hydrogen (secondary N) is 2. The molecule has 0 aromatic heterocycles. The van der Waals surface area contributed by atoms with Crippen LogP contribution in [0.1, 0.15) is 17.2 Å². The molecule has 5 heteroatoms. The molecule has 2 aromatic carbocycles. The Hall–Kier alpha value is -1.71. The molecule has 0 saturated carbocycles. The summed E-state index contributed by atoms with van der Waals surface area (Å²) < 4.78 is 0. The van der Waals surface area contributed by atoms with Crippen molar-refractivity contribution in [2.45, 2.75) is 13.0 Å². The molecule has 3 rings (SSSR count). The minimum absolute atomic E-state index is 0.112. The number of aryl methyl sites for hydroxylation is 1. The molecule has 1 aliphatic rings. The lowest BCUT2D eigenvalue weighted by atomic mass is 10.1. The Morgan fingerprint density at radius 1 is 1.15 bits per heavy atom. The van der Waals surface area contributed by atoms with Gasteiger partial charge in [0.1, 0.15) is 6.04 Å². The van der Waals surface area contributed by atoms with E-state index < -0.39 is 6.04 Å². The molecule has 2 N–H and O–H groups in total. The van der Waals surface area contributed by atoms with Crippen molar-refractivity contribution in [3.63, 3.8) is 0 Å². The van der Waals surface area contributed by atoms with E-state index in [9.17, 15) is 4.79 Å². The second-order valence-electron chi connectivity index (χ2n) is 4.78. The molecular formula is C15H12Cl2N2O. The summed E-state index contributed by atoms with van der Waals surface area (Å²) in [5, 5.41) is 7.18. The van der Waals surface area contributed by atoms with E-state index in [0.717, 1.165) is 22.5 Å². The number of rotatable bonds is 2. The first kappa shape index (κ1) is 13.3. The zero-order valence-corrected chi connectivity index (χ0v) is 12.2. The van der Waals surface area contributed by atoms with Crippen molar-refractivity contribution in [1.29, 1.82) is 0 Å². The molecular weight excluding hydrogens is 295 g/mol. The second-order valence-corrected chi connectivity index (χ2v) is 5.63. The molecule has 102 valence electrons. The molecule has 1 atom stereocenters. The third kappa shape index (κ3) is 2.35. The molecule has 20 heavy (non-hydrogen) atoms. The van der Waals surface area contributed by atoms with Gasteiger partial charge in [-0.05, 0) is 42.8 Å². The third-order valence-electron chi connectivity index (χ3n) is 3.27. The quantitative estimate of drug-likeness (QED) is 0.863. The van der Waals surface area contributed by atoms with E-state index in [1.807, 2.05) is 25.1 Å². The summed E-state index contributed by atoms with van der Waals surface area (Å²) in [5.41, 5.74) is 3.41. The minimum Gasteiger partial charge on any atom is -0.369 e. The number of benzene rings is 2. The summed E-state index contributed by atoms with van der Waals surface area (Å²) in [5.74, 6) is -0.112. The number of hydrogen-bond acceptors (Lipinski definition) is 2. The highest BCUT2D eigenvalue weighted by molar-refractivity contribution is 6.33. The third-order valence-corrected chi connectivity index (χ3v) is 3.82. The minimum atomic E-state index is -0.482.